The summed E-state index contributed by atoms with van der Waals surface area (Å²) in [4.78, 5) is 36.8. The van der Waals surface area contributed by atoms with Crippen LogP contribution in [0.3, 0.4) is 0 Å². The molecular formula is C23H28N6O2. The lowest BCUT2D eigenvalue weighted by molar-refractivity contribution is -0.135. The molecule has 3 amide bonds. The number of carbonyl (C=O) groups excluding carboxylic acids is 2. The van der Waals surface area contributed by atoms with Crippen LogP contribution in [0.25, 0.3) is 5.69 Å². The fraction of sp³-hybridized carbons (Fsp3) is 0.478. The molecule has 3 aliphatic rings. The zero-order valence-electron chi connectivity index (χ0n) is 18.1. The van der Waals surface area contributed by atoms with Crippen LogP contribution in [0.5, 0.6) is 0 Å². The number of para-hydroxylation sites is 1. The highest BCUT2D eigenvalue weighted by Crippen LogP contribution is 2.33. The van der Waals surface area contributed by atoms with Crippen molar-refractivity contribution in [3.8, 4) is 5.69 Å². The van der Waals surface area contributed by atoms with Crippen molar-refractivity contribution in [1.29, 1.82) is 0 Å². The molecule has 1 saturated heterocycles. The normalized spacial score (nSPS) is 23.4. The van der Waals surface area contributed by atoms with Gasteiger partial charge in [0.05, 0.1) is 17.4 Å². The molecule has 0 spiro atoms. The third kappa shape index (κ3) is 3.30. The van der Waals surface area contributed by atoms with Crippen molar-refractivity contribution < 1.29 is 9.59 Å². The van der Waals surface area contributed by atoms with Gasteiger partial charge in [0.2, 0.25) is 5.91 Å². The van der Waals surface area contributed by atoms with E-state index in [0.717, 1.165) is 36.9 Å². The van der Waals surface area contributed by atoms with Gasteiger partial charge in [0.25, 0.3) is 0 Å². The van der Waals surface area contributed by atoms with E-state index in [-0.39, 0.29) is 30.6 Å². The van der Waals surface area contributed by atoms with Crippen LogP contribution in [-0.2, 0) is 4.79 Å². The molecule has 0 aliphatic carbocycles. The van der Waals surface area contributed by atoms with Crippen molar-refractivity contribution in [2.24, 2.45) is 4.99 Å². The van der Waals surface area contributed by atoms with Crippen LogP contribution in [0.4, 0.5) is 10.6 Å². The lowest BCUT2D eigenvalue weighted by atomic mass is 9.97. The maximum absolute atomic E-state index is 13.5. The van der Waals surface area contributed by atoms with E-state index in [1.165, 1.54) is 0 Å². The molecule has 2 unspecified atom stereocenters. The number of likely N-dealkylation sites (tertiary alicyclic amines) is 1. The van der Waals surface area contributed by atoms with Crippen molar-refractivity contribution in [2.45, 2.75) is 51.6 Å². The molecule has 0 N–H and O–H groups in total. The number of rotatable bonds is 3. The molecule has 31 heavy (non-hydrogen) atoms. The summed E-state index contributed by atoms with van der Waals surface area (Å²) >= 11 is 0. The second kappa shape index (κ2) is 7.83. The van der Waals surface area contributed by atoms with Crippen LogP contribution in [-0.4, -0.2) is 69.1 Å². The molecule has 5 rings (SSSR count). The van der Waals surface area contributed by atoms with E-state index in [2.05, 4.69) is 23.9 Å². The maximum Gasteiger partial charge on any atom is 0.331 e. The van der Waals surface area contributed by atoms with E-state index in [4.69, 9.17) is 0 Å². The monoisotopic (exact) mass is 420 g/mol. The topological polar surface area (TPSA) is 74.0 Å². The Bertz CT molecular complexity index is 1020. The predicted molar refractivity (Wildman–Crippen MR) is 119 cm³/mol. The number of nitrogens with zero attached hydrogens (tertiary/aromatic N) is 6. The van der Waals surface area contributed by atoms with Gasteiger partial charge in [-0.15, -0.1) is 0 Å². The summed E-state index contributed by atoms with van der Waals surface area (Å²) in [6, 6.07) is 9.87. The summed E-state index contributed by atoms with van der Waals surface area (Å²) in [5.74, 6) is 1.27. The molecule has 1 aromatic carbocycles. The number of fused-ring (bicyclic) bond motifs is 3. The van der Waals surface area contributed by atoms with Crippen molar-refractivity contribution >= 4 is 23.6 Å². The quantitative estimate of drug-likeness (QED) is 0.766. The molecule has 8 heteroatoms. The van der Waals surface area contributed by atoms with E-state index < -0.39 is 0 Å². The Morgan fingerprint density at radius 1 is 1.10 bits per heavy atom. The van der Waals surface area contributed by atoms with E-state index in [0.29, 0.717) is 24.7 Å². The van der Waals surface area contributed by atoms with Gasteiger partial charge in [-0.25, -0.2) is 9.48 Å². The zero-order valence-corrected chi connectivity index (χ0v) is 18.1. The largest absolute Gasteiger partial charge is 0.336 e. The zero-order chi connectivity index (χ0) is 21.5. The van der Waals surface area contributed by atoms with Gasteiger partial charge in [-0.05, 0) is 51.7 Å². The fourth-order valence-electron chi connectivity index (χ4n) is 5.05. The Morgan fingerprint density at radius 3 is 2.58 bits per heavy atom. The highest BCUT2D eigenvalue weighted by molar-refractivity contribution is 6.19. The summed E-state index contributed by atoms with van der Waals surface area (Å²) < 4.78 is 1.75. The number of benzene rings is 1. The minimum Gasteiger partial charge on any atom is -0.336 e. The standard InChI is InChI=1S/C23H28N6O2/c1-16-8-6-9-17(2)28(16)20(30)15-27-22-19(21-24-12-7-13-26(21)23(27)31)14-25-29(22)18-10-4-3-5-11-18/h3-5,10-11,14,16-17H,6-9,12-13,15H2,1-2H3. The second-order valence-corrected chi connectivity index (χ2v) is 8.64. The van der Waals surface area contributed by atoms with Gasteiger partial charge in [0, 0.05) is 25.2 Å². The van der Waals surface area contributed by atoms with Gasteiger partial charge >= 0.3 is 6.03 Å². The van der Waals surface area contributed by atoms with E-state index in [1.54, 1.807) is 20.7 Å². The van der Waals surface area contributed by atoms with E-state index >= 15 is 0 Å². The summed E-state index contributed by atoms with van der Waals surface area (Å²) in [7, 11) is 0. The SMILES string of the molecule is CC1CCCC(C)N1C(=O)CN1C(=O)N2CCCN=C2c2cnn(-c3ccccc3)c21. The number of anilines is 1. The Kier molecular flexibility index (Phi) is 5.00. The minimum absolute atomic E-state index is 0.00280. The summed E-state index contributed by atoms with van der Waals surface area (Å²) in [5.41, 5.74) is 1.65. The molecule has 0 radical (unpaired) electrons. The lowest BCUT2D eigenvalue weighted by Gasteiger charge is -2.42. The van der Waals surface area contributed by atoms with Gasteiger partial charge in [-0.3, -0.25) is 19.6 Å². The molecule has 3 aliphatic heterocycles. The van der Waals surface area contributed by atoms with Crippen molar-refractivity contribution in [3.63, 3.8) is 0 Å². The van der Waals surface area contributed by atoms with Crippen LogP contribution in [0.2, 0.25) is 0 Å². The van der Waals surface area contributed by atoms with E-state index in [9.17, 15) is 9.59 Å². The average Bonchev–Trinajstić information content (AvgIpc) is 3.22. The molecule has 1 aromatic heterocycles. The fourth-order valence-corrected chi connectivity index (χ4v) is 5.05. The third-order valence-corrected chi connectivity index (χ3v) is 6.53. The lowest BCUT2D eigenvalue weighted by Crippen LogP contribution is -2.57. The second-order valence-electron chi connectivity index (χ2n) is 8.64. The predicted octanol–water partition coefficient (Wildman–Crippen LogP) is 3.05. The van der Waals surface area contributed by atoms with Crippen LogP contribution in [0.15, 0.2) is 41.5 Å². The smallest absolute Gasteiger partial charge is 0.331 e. The van der Waals surface area contributed by atoms with Gasteiger partial charge in [0.15, 0.2) is 5.82 Å². The first-order valence-electron chi connectivity index (χ1n) is 11.1. The number of hydrogen-bond donors (Lipinski definition) is 0. The summed E-state index contributed by atoms with van der Waals surface area (Å²) in [6.45, 7) is 5.50. The van der Waals surface area contributed by atoms with Crippen LogP contribution < -0.4 is 4.90 Å². The number of amidine groups is 1. The Hall–Kier alpha value is -3.16. The number of piperidine rings is 1. The molecule has 4 heterocycles. The van der Waals surface area contributed by atoms with Crippen LogP contribution in [0, 0.1) is 0 Å². The molecular weight excluding hydrogens is 392 g/mol. The number of urea groups is 1. The molecule has 2 aromatic rings. The first-order chi connectivity index (χ1) is 15.1. The van der Waals surface area contributed by atoms with Crippen molar-refractivity contribution in [3.05, 3.63) is 42.1 Å². The molecule has 2 atom stereocenters. The summed E-state index contributed by atoms with van der Waals surface area (Å²) in [6.07, 6.45) is 5.71. The van der Waals surface area contributed by atoms with Crippen molar-refractivity contribution in [2.75, 3.05) is 24.5 Å². The number of aromatic nitrogens is 2. The highest BCUT2D eigenvalue weighted by Gasteiger charge is 2.41. The highest BCUT2D eigenvalue weighted by atomic mass is 16.2. The van der Waals surface area contributed by atoms with Crippen molar-refractivity contribution in [1.82, 2.24) is 19.6 Å². The molecule has 0 saturated carbocycles. The van der Waals surface area contributed by atoms with Crippen LogP contribution in [0.1, 0.15) is 45.1 Å². The molecule has 162 valence electrons. The van der Waals surface area contributed by atoms with E-state index in [1.807, 2.05) is 35.2 Å². The summed E-state index contributed by atoms with van der Waals surface area (Å²) in [5, 5.41) is 4.58. The van der Waals surface area contributed by atoms with Gasteiger partial charge in [-0.2, -0.15) is 5.10 Å². The molecule has 1 fully saturated rings. The minimum atomic E-state index is -0.200. The molecule has 0 bridgehead atoms. The number of aliphatic imine (C=N–C) groups is 1. The van der Waals surface area contributed by atoms with Gasteiger partial charge in [0.1, 0.15) is 12.4 Å². The number of amides is 3. The number of hydrogen-bond acceptors (Lipinski definition) is 4. The average molecular weight is 421 g/mol. The Labute approximate surface area is 182 Å². The van der Waals surface area contributed by atoms with Gasteiger partial charge < -0.3 is 4.90 Å². The maximum atomic E-state index is 13.5. The molecule has 8 nitrogen and oxygen atoms in total. The third-order valence-electron chi connectivity index (χ3n) is 6.53. The first-order valence-corrected chi connectivity index (χ1v) is 11.1. The van der Waals surface area contributed by atoms with Crippen LogP contribution >= 0.6 is 0 Å². The Morgan fingerprint density at radius 2 is 1.84 bits per heavy atom. The Balaban J connectivity index is 1.57. The van der Waals surface area contributed by atoms with Gasteiger partial charge in [-0.1, -0.05) is 18.2 Å². The number of carbonyl (C=O) groups is 2. The first kappa shape index (κ1) is 19.8.